The number of carbonyl (C=O) groups is 1. The molecule has 6 nitrogen and oxygen atoms in total. The van der Waals surface area contributed by atoms with E-state index in [9.17, 15) is 9.90 Å². The molecule has 0 bridgehead atoms. The zero-order chi connectivity index (χ0) is 17.1. The van der Waals surface area contributed by atoms with Crippen molar-refractivity contribution in [1.29, 1.82) is 0 Å². The first kappa shape index (κ1) is 15.6. The first-order valence-corrected chi connectivity index (χ1v) is 8.44. The number of nitrogens with zero attached hydrogens (tertiary/aromatic N) is 3. The maximum absolute atomic E-state index is 12.7. The number of aromatic nitrogens is 3. The van der Waals surface area contributed by atoms with Crippen molar-refractivity contribution in [1.82, 2.24) is 20.1 Å². The summed E-state index contributed by atoms with van der Waals surface area (Å²) in [5.41, 5.74) is 1.87. The van der Waals surface area contributed by atoms with Gasteiger partial charge in [-0.2, -0.15) is 5.10 Å². The van der Waals surface area contributed by atoms with E-state index in [0.29, 0.717) is 28.4 Å². The van der Waals surface area contributed by atoms with E-state index in [4.69, 9.17) is 11.6 Å². The Morgan fingerprint density at radius 1 is 1.50 bits per heavy atom. The molecule has 1 saturated carbocycles. The second kappa shape index (κ2) is 5.29. The predicted octanol–water partition coefficient (Wildman–Crippen LogP) is 2.08. The number of hydrogen-bond donors (Lipinski definition) is 2. The van der Waals surface area contributed by atoms with E-state index in [0.717, 1.165) is 24.1 Å². The number of hydrogen-bond acceptors (Lipinski definition) is 4. The van der Waals surface area contributed by atoms with Crippen molar-refractivity contribution < 1.29 is 9.90 Å². The fourth-order valence-electron chi connectivity index (χ4n) is 3.37. The number of aliphatic hydroxyl groups is 1. The maximum Gasteiger partial charge on any atom is 0.272 e. The Kier molecular flexibility index (Phi) is 3.44. The van der Waals surface area contributed by atoms with Crippen molar-refractivity contribution in [2.75, 3.05) is 6.61 Å². The zero-order valence-corrected chi connectivity index (χ0v) is 14.3. The quantitative estimate of drug-likeness (QED) is 0.888. The molecule has 7 heteroatoms. The van der Waals surface area contributed by atoms with Crippen LogP contribution in [0.25, 0.3) is 5.82 Å². The molecule has 4 rings (SSSR count). The first-order chi connectivity index (χ1) is 11.4. The molecule has 2 aromatic rings. The van der Waals surface area contributed by atoms with Crippen LogP contribution in [0.2, 0.25) is 5.02 Å². The summed E-state index contributed by atoms with van der Waals surface area (Å²) in [6, 6.07) is 3.58. The largest absolute Gasteiger partial charge is 0.394 e. The van der Waals surface area contributed by atoms with E-state index < -0.39 is 5.54 Å². The molecular weight excluding hydrogens is 328 g/mol. The Labute approximate surface area is 144 Å². The van der Waals surface area contributed by atoms with Crippen molar-refractivity contribution in [2.45, 2.75) is 38.1 Å². The van der Waals surface area contributed by atoms with Crippen molar-refractivity contribution in [2.24, 2.45) is 5.92 Å². The monoisotopic (exact) mass is 346 g/mol. The van der Waals surface area contributed by atoms with Crippen LogP contribution in [0.3, 0.4) is 0 Å². The molecule has 2 heterocycles. The van der Waals surface area contributed by atoms with Crippen LogP contribution in [0.15, 0.2) is 18.3 Å². The Morgan fingerprint density at radius 2 is 2.29 bits per heavy atom. The number of fused-ring (bicyclic) bond motifs is 3. The van der Waals surface area contributed by atoms with E-state index in [-0.39, 0.29) is 12.5 Å². The molecular formula is C17H19ClN4O2. The minimum atomic E-state index is -0.687. The Bertz CT molecular complexity index is 813. The number of aliphatic hydroxyl groups excluding tert-OH is 1. The molecule has 24 heavy (non-hydrogen) atoms. The van der Waals surface area contributed by atoms with Crippen LogP contribution >= 0.6 is 11.6 Å². The molecule has 1 fully saturated rings. The van der Waals surface area contributed by atoms with Gasteiger partial charge in [-0.15, -0.1) is 0 Å². The molecule has 2 N–H and O–H groups in total. The average molecular weight is 347 g/mol. The highest BCUT2D eigenvalue weighted by Crippen LogP contribution is 2.57. The van der Waals surface area contributed by atoms with Crippen molar-refractivity contribution in [3.63, 3.8) is 0 Å². The van der Waals surface area contributed by atoms with Gasteiger partial charge in [0.2, 0.25) is 0 Å². The van der Waals surface area contributed by atoms with Gasteiger partial charge in [-0.05, 0) is 44.7 Å². The fourth-order valence-corrected chi connectivity index (χ4v) is 3.48. The van der Waals surface area contributed by atoms with Gasteiger partial charge in [0, 0.05) is 17.7 Å². The molecule has 0 aliphatic heterocycles. The highest BCUT2D eigenvalue weighted by molar-refractivity contribution is 6.30. The standard InChI is InChI=1S/C17H19ClN4O2/c1-17(2,8-23)20-16(24)14-12-6-9-5-11(9)15(12)22(21-14)13-4-3-10(18)7-19-13/h3-4,7,9,11,23H,5-6,8H2,1-2H3,(H,20,24)/t9-,11-/m1/s1. The number of nitrogens with one attached hydrogen (secondary N) is 1. The van der Waals surface area contributed by atoms with Crippen molar-refractivity contribution in [3.05, 3.63) is 40.3 Å². The third kappa shape index (κ3) is 2.50. The lowest BCUT2D eigenvalue weighted by Crippen LogP contribution is -2.46. The SMILES string of the molecule is CC(C)(CO)NC(=O)c1nn(-c2ccc(Cl)cn2)c2c1C[C@H]1C[C@@H]21. The third-order valence-electron chi connectivity index (χ3n) is 4.75. The molecule has 0 saturated heterocycles. The summed E-state index contributed by atoms with van der Waals surface area (Å²) in [5.74, 6) is 1.51. The van der Waals surface area contributed by atoms with Crippen LogP contribution in [-0.4, -0.2) is 37.9 Å². The Hall–Kier alpha value is -1.92. The summed E-state index contributed by atoms with van der Waals surface area (Å²) in [6.45, 7) is 3.42. The van der Waals surface area contributed by atoms with Gasteiger partial charge in [-0.3, -0.25) is 4.79 Å². The number of carbonyl (C=O) groups excluding carboxylic acids is 1. The van der Waals surface area contributed by atoms with E-state index in [2.05, 4.69) is 15.4 Å². The molecule has 1 amide bonds. The van der Waals surface area contributed by atoms with Crippen LogP contribution in [-0.2, 0) is 6.42 Å². The minimum Gasteiger partial charge on any atom is -0.394 e. The maximum atomic E-state index is 12.7. The predicted molar refractivity (Wildman–Crippen MR) is 89.6 cm³/mol. The van der Waals surface area contributed by atoms with Crippen molar-refractivity contribution >= 4 is 17.5 Å². The van der Waals surface area contributed by atoms with Gasteiger partial charge in [-0.25, -0.2) is 9.67 Å². The Morgan fingerprint density at radius 3 is 2.96 bits per heavy atom. The molecule has 2 atom stereocenters. The first-order valence-electron chi connectivity index (χ1n) is 8.07. The van der Waals surface area contributed by atoms with Crippen LogP contribution in [0.1, 0.15) is 47.9 Å². The zero-order valence-electron chi connectivity index (χ0n) is 13.6. The summed E-state index contributed by atoms with van der Waals surface area (Å²) < 4.78 is 1.78. The highest BCUT2D eigenvalue weighted by Gasteiger charge is 2.50. The average Bonchev–Trinajstić information content (AvgIpc) is 3.04. The number of pyridine rings is 1. The fraction of sp³-hybridized carbons (Fsp3) is 0.471. The summed E-state index contributed by atoms with van der Waals surface area (Å²) in [4.78, 5) is 17.0. The third-order valence-corrected chi connectivity index (χ3v) is 4.98. The van der Waals surface area contributed by atoms with Gasteiger partial charge in [0.25, 0.3) is 5.91 Å². The topological polar surface area (TPSA) is 80.0 Å². The second-order valence-electron chi connectivity index (χ2n) is 7.26. The van der Waals surface area contributed by atoms with Crippen LogP contribution < -0.4 is 5.32 Å². The van der Waals surface area contributed by atoms with E-state index in [1.165, 1.54) is 0 Å². The van der Waals surface area contributed by atoms with E-state index in [1.54, 1.807) is 30.8 Å². The normalized spacial score (nSPS) is 21.3. The minimum absolute atomic E-state index is 0.133. The lowest BCUT2D eigenvalue weighted by molar-refractivity contribution is 0.0863. The van der Waals surface area contributed by atoms with Gasteiger partial charge in [-0.1, -0.05) is 11.6 Å². The molecule has 2 aliphatic carbocycles. The lowest BCUT2D eigenvalue weighted by atomic mass is 10.1. The number of halogens is 1. The highest BCUT2D eigenvalue weighted by atomic mass is 35.5. The number of amides is 1. The molecule has 0 aromatic carbocycles. The van der Waals surface area contributed by atoms with Gasteiger partial charge in [0.05, 0.1) is 22.9 Å². The van der Waals surface area contributed by atoms with Gasteiger partial charge >= 0.3 is 0 Å². The Balaban J connectivity index is 1.75. The second-order valence-corrected chi connectivity index (χ2v) is 7.70. The molecule has 0 spiro atoms. The molecule has 2 aliphatic rings. The lowest BCUT2D eigenvalue weighted by Gasteiger charge is -2.23. The number of rotatable bonds is 4. The summed E-state index contributed by atoms with van der Waals surface area (Å²) >= 11 is 5.92. The smallest absolute Gasteiger partial charge is 0.272 e. The van der Waals surface area contributed by atoms with Gasteiger partial charge in [0.1, 0.15) is 0 Å². The van der Waals surface area contributed by atoms with Gasteiger partial charge in [0.15, 0.2) is 11.5 Å². The van der Waals surface area contributed by atoms with E-state index >= 15 is 0 Å². The summed E-state index contributed by atoms with van der Waals surface area (Å²) in [6.07, 6.45) is 3.62. The molecule has 0 radical (unpaired) electrons. The van der Waals surface area contributed by atoms with E-state index in [1.807, 2.05) is 6.07 Å². The summed E-state index contributed by atoms with van der Waals surface area (Å²) in [7, 11) is 0. The molecule has 126 valence electrons. The summed E-state index contributed by atoms with van der Waals surface area (Å²) in [5, 5.41) is 17.3. The van der Waals surface area contributed by atoms with Crippen LogP contribution in [0.4, 0.5) is 0 Å². The van der Waals surface area contributed by atoms with Crippen LogP contribution in [0.5, 0.6) is 0 Å². The van der Waals surface area contributed by atoms with Crippen molar-refractivity contribution in [3.8, 4) is 5.82 Å². The molecule has 2 aromatic heterocycles. The van der Waals surface area contributed by atoms with Crippen LogP contribution in [0, 0.1) is 5.92 Å². The molecule has 0 unspecified atom stereocenters. The van der Waals surface area contributed by atoms with Gasteiger partial charge < -0.3 is 10.4 Å².